The molecule has 0 spiro atoms. The van der Waals surface area contributed by atoms with Crippen LogP contribution in [-0.4, -0.2) is 62.9 Å². The standard InChI is InChI=1S/C15H28N2O3/c1-16-15(14(18)20-3)8-4-5-12(11-15)17-9-6-13(19-2)7-10-17/h12-13,16H,4-11H2,1-3H3. The molecule has 0 aromatic rings. The average Bonchev–Trinajstić information content (AvgIpc) is 2.54. The van der Waals surface area contributed by atoms with E-state index in [1.807, 2.05) is 7.05 Å². The number of likely N-dealkylation sites (tertiary alicyclic amines) is 1. The van der Waals surface area contributed by atoms with Gasteiger partial charge in [0.25, 0.3) is 0 Å². The summed E-state index contributed by atoms with van der Waals surface area (Å²) in [5.41, 5.74) is -0.490. The number of rotatable bonds is 4. The second-order valence-corrected chi connectivity index (χ2v) is 6.04. The van der Waals surface area contributed by atoms with Crippen molar-refractivity contribution in [2.75, 3.05) is 34.4 Å². The number of methoxy groups -OCH3 is 2. The molecule has 0 amide bonds. The molecule has 0 bridgehead atoms. The van der Waals surface area contributed by atoms with Gasteiger partial charge in [-0.15, -0.1) is 0 Å². The van der Waals surface area contributed by atoms with Crippen molar-refractivity contribution >= 4 is 5.97 Å². The molecule has 5 heteroatoms. The van der Waals surface area contributed by atoms with E-state index < -0.39 is 5.54 Å². The van der Waals surface area contributed by atoms with Crippen LogP contribution >= 0.6 is 0 Å². The summed E-state index contributed by atoms with van der Waals surface area (Å²) in [4.78, 5) is 14.7. The number of hydrogen-bond donors (Lipinski definition) is 1. The van der Waals surface area contributed by atoms with Crippen LogP contribution in [0.3, 0.4) is 0 Å². The summed E-state index contributed by atoms with van der Waals surface area (Å²) < 4.78 is 10.4. The van der Waals surface area contributed by atoms with Crippen molar-refractivity contribution in [2.24, 2.45) is 0 Å². The molecular formula is C15H28N2O3. The van der Waals surface area contributed by atoms with E-state index in [1.54, 1.807) is 7.11 Å². The molecule has 0 aromatic heterocycles. The molecule has 20 heavy (non-hydrogen) atoms. The topological polar surface area (TPSA) is 50.8 Å². The number of likely N-dealkylation sites (N-methyl/N-ethyl adjacent to an activating group) is 1. The molecule has 1 aliphatic carbocycles. The molecule has 1 heterocycles. The average molecular weight is 284 g/mol. The number of nitrogens with one attached hydrogen (secondary N) is 1. The quantitative estimate of drug-likeness (QED) is 0.785. The Morgan fingerprint density at radius 2 is 1.95 bits per heavy atom. The summed E-state index contributed by atoms with van der Waals surface area (Å²) in [5.74, 6) is -0.114. The zero-order valence-corrected chi connectivity index (χ0v) is 13.0. The van der Waals surface area contributed by atoms with Crippen molar-refractivity contribution in [3.05, 3.63) is 0 Å². The van der Waals surface area contributed by atoms with Crippen LogP contribution in [0.4, 0.5) is 0 Å². The molecular weight excluding hydrogens is 256 g/mol. The molecule has 5 nitrogen and oxygen atoms in total. The Labute approximate surface area is 122 Å². The number of ether oxygens (including phenoxy) is 2. The van der Waals surface area contributed by atoms with Crippen LogP contribution in [0.2, 0.25) is 0 Å². The molecule has 1 saturated heterocycles. The van der Waals surface area contributed by atoms with E-state index in [0.717, 1.165) is 45.2 Å². The summed E-state index contributed by atoms with van der Waals surface area (Å²) in [5, 5.41) is 3.23. The fourth-order valence-electron chi connectivity index (χ4n) is 3.74. The van der Waals surface area contributed by atoms with Crippen molar-refractivity contribution in [3.63, 3.8) is 0 Å². The number of carbonyl (C=O) groups is 1. The third-order valence-electron chi connectivity index (χ3n) is 5.11. The summed E-state index contributed by atoms with van der Waals surface area (Å²) >= 11 is 0. The van der Waals surface area contributed by atoms with Gasteiger partial charge in [0, 0.05) is 26.2 Å². The smallest absolute Gasteiger partial charge is 0.326 e. The van der Waals surface area contributed by atoms with Crippen molar-refractivity contribution in [2.45, 2.75) is 56.2 Å². The number of carbonyl (C=O) groups excluding carboxylic acids is 1. The molecule has 116 valence electrons. The summed E-state index contributed by atoms with van der Waals surface area (Å²) in [7, 11) is 5.15. The van der Waals surface area contributed by atoms with Gasteiger partial charge in [0.15, 0.2) is 0 Å². The second kappa shape index (κ2) is 6.87. The van der Waals surface area contributed by atoms with Gasteiger partial charge in [-0.3, -0.25) is 4.79 Å². The van der Waals surface area contributed by atoms with Gasteiger partial charge < -0.3 is 19.7 Å². The summed E-state index contributed by atoms with van der Waals surface area (Å²) in [6.07, 6.45) is 6.58. The van der Waals surface area contributed by atoms with E-state index in [-0.39, 0.29) is 5.97 Å². The van der Waals surface area contributed by atoms with Gasteiger partial charge in [0.1, 0.15) is 5.54 Å². The van der Waals surface area contributed by atoms with Gasteiger partial charge in [0.05, 0.1) is 13.2 Å². The predicted octanol–water partition coefficient (Wildman–Crippen LogP) is 1.17. The molecule has 0 aromatic carbocycles. The number of esters is 1. The SMILES string of the molecule is CNC1(C(=O)OC)CCCC(N2CCC(OC)CC2)C1. The second-order valence-electron chi connectivity index (χ2n) is 6.04. The fourth-order valence-corrected chi connectivity index (χ4v) is 3.74. The number of nitrogens with zero attached hydrogens (tertiary/aromatic N) is 1. The Morgan fingerprint density at radius 1 is 1.25 bits per heavy atom. The minimum atomic E-state index is -0.490. The zero-order valence-electron chi connectivity index (χ0n) is 13.0. The Balaban J connectivity index is 1.98. The van der Waals surface area contributed by atoms with Crippen molar-refractivity contribution in [3.8, 4) is 0 Å². The van der Waals surface area contributed by atoms with E-state index in [9.17, 15) is 4.79 Å². The van der Waals surface area contributed by atoms with Gasteiger partial charge in [0.2, 0.25) is 0 Å². The third-order valence-corrected chi connectivity index (χ3v) is 5.11. The lowest BCUT2D eigenvalue weighted by atomic mass is 9.78. The molecule has 2 fully saturated rings. The van der Waals surface area contributed by atoms with Crippen LogP contribution in [-0.2, 0) is 14.3 Å². The lowest BCUT2D eigenvalue weighted by molar-refractivity contribution is -0.151. The summed E-state index contributed by atoms with van der Waals surface area (Å²) in [6, 6.07) is 0.480. The minimum Gasteiger partial charge on any atom is -0.468 e. The fraction of sp³-hybridized carbons (Fsp3) is 0.933. The highest BCUT2D eigenvalue weighted by Crippen LogP contribution is 2.33. The lowest BCUT2D eigenvalue weighted by Gasteiger charge is -2.44. The third kappa shape index (κ3) is 3.15. The maximum Gasteiger partial charge on any atom is 0.326 e. The van der Waals surface area contributed by atoms with E-state index in [0.29, 0.717) is 12.1 Å². The molecule has 2 atom stereocenters. The monoisotopic (exact) mass is 284 g/mol. The Kier molecular flexibility index (Phi) is 5.41. The minimum absolute atomic E-state index is 0.114. The van der Waals surface area contributed by atoms with Crippen LogP contribution in [0.1, 0.15) is 38.5 Å². The van der Waals surface area contributed by atoms with Crippen LogP contribution in [0.25, 0.3) is 0 Å². The Bertz CT molecular complexity index is 329. The highest BCUT2D eigenvalue weighted by molar-refractivity contribution is 5.81. The van der Waals surface area contributed by atoms with E-state index >= 15 is 0 Å². The Hall–Kier alpha value is -0.650. The van der Waals surface area contributed by atoms with E-state index in [4.69, 9.17) is 9.47 Å². The first-order valence-corrected chi connectivity index (χ1v) is 7.69. The van der Waals surface area contributed by atoms with E-state index in [2.05, 4.69) is 10.2 Å². The molecule has 1 aliphatic heterocycles. The first kappa shape index (κ1) is 15.7. The van der Waals surface area contributed by atoms with Crippen molar-refractivity contribution in [1.29, 1.82) is 0 Å². The maximum absolute atomic E-state index is 12.1. The molecule has 1 N–H and O–H groups in total. The molecule has 2 unspecified atom stereocenters. The van der Waals surface area contributed by atoms with Gasteiger partial charge in [-0.05, 0) is 45.6 Å². The van der Waals surface area contributed by atoms with Gasteiger partial charge in [-0.25, -0.2) is 0 Å². The number of hydrogen-bond acceptors (Lipinski definition) is 5. The molecule has 0 radical (unpaired) electrons. The highest BCUT2D eigenvalue weighted by Gasteiger charge is 2.44. The lowest BCUT2D eigenvalue weighted by Crippen LogP contribution is -2.58. The number of piperidine rings is 1. The maximum atomic E-state index is 12.1. The van der Waals surface area contributed by atoms with Crippen LogP contribution in [0.15, 0.2) is 0 Å². The summed E-state index contributed by atoms with van der Waals surface area (Å²) in [6.45, 7) is 2.15. The van der Waals surface area contributed by atoms with Gasteiger partial charge >= 0.3 is 5.97 Å². The molecule has 2 aliphatic rings. The van der Waals surface area contributed by atoms with Crippen LogP contribution in [0, 0.1) is 0 Å². The zero-order chi connectivity index (χ0) is 14.6. The van der Waals surface area contributed by atoms with Crippen molar-refractivity contribution < 1.29 is 14.3 Å². The molecule has 1 saturated carbocycles. The molecule has 2 rings (SSSR count). The highest BCUT2D eigenvalue weighted by atomic mass is 16.5. The van der Waals surface area contributed by atoms with Crippen molar-refractivity contribution in [1.82, 2.24) is 10.2 Å². The van der Waals surface area contributed by atoms with Crippen LogP contribution < -0.4 is 5.32 Å². The normalized spacial score (nSPS) is 33.0. The largest absolute Gasteiger partial charge is 0.468 e. The van der Waals surface area contributed by atoms with Gasteiger partial charge in [-0.1, -0.05) is 0 Å². The van der Waals surface area contributed by atoms with Gasteiger partial charge in [-0.2, -0.15) is 0 Å². The first-order valence-electron chi connectivity index (χ1n) is 7.69. The Morgan fingerprint density at radius 3 is 2.50 bits per heavy atom. The van der Waals surface area contributed by atoms with E-state index in [1.165, 1.54) is 13.5 Å². The first-order chi connectivity index (χ1) is 9.65. The predicted molar refractivity (Wildman–Crippen MR) is 77.7 cm³/mol. The van der Waals surface area contributed by atoms with Crippen LogP contribution in [0.5, 0.6) is 0 Å².